The van der Waals surface area contributed by atoms with E-state index in [2.05, 4.69) is 31.4 Å². The monoisotopic (exact) mass is 347 g/mol. The summed E-state index contributed by atoms with van der Waals surface area (Å²) in [5.74, 6) is 0.209. The number of phenolic OH excluding ortho intramolecular Hbond substituents is 1. The van der Waals surface area contributed by atoms with Gasteiger partial charge in [-0.1, -0.05) is 29.5 Å². The number of nitrogens with zero attached hydrogens (tertiary/aromatic N) is 2. The fourth-order valence-electron chi connectivity index (χ4n) is 1.68. The summed E-state index contributed by atoms with van der Waals surface area (Å²) >= 11 is 4.75. The molecule has 20 heavy (non-hydrogen) atoms. The predicted octanol–water partition coefficient (Wildman–Crippen LogP) is 4.42. The molecule has 1 heterocycles. The van der Waals surface area contributed by atoms with Gasteiger partial charge in [0.15, 0.2) is 0 Å². The number of nitrogens with one attached hydrogen (secondary N) is 1. The molecule has 6 heteroatoms. The number of aromatic hydroxyl groups is 1. The Kier molecular flexibility index (Phi) is 3.66. The number of anilines is 2. The molecule has 0 atom stereocenters. The van der Waals surface area contributed by atoms with Gasteiger partial charge in [0.2, 0.25) is 5.13 Å². The first kappa shape index (κ1) is 13.1. The van der Waals surface area contributed by atoms with Gasteiger partial charge in [0.05, 0.1) is 4.47 Å². The molecule has 3 aromatic rings. The van der Waals surface area contributed by atoms with E-state index in [-0.39, 0.29) is 5.75 Å². The third-order valence-corrected chi connectivity index (χ3v) is 4.17. The molecule has 4 nitrogen and oxygen atoms in total. The number of hydrogen-bond donors (Lipinski definition) is 2. The van der Waals surface area contributed by atoms with Gasteiger partial charge in [0.25, 0.3) is 0 Å². The molecule has 2 aromatic carbocycles. The lowest BCUT2D eigenvalue weighted by Gasteiger charge is -2.00. The molecule has 0 radical (unpaired) electrons. The Bertz CT molecular complexity index is 730. The number of aromatic nitrogens is 2. The lowest BCUT2D eigenvalue weighted by molar-refractivity contribution is 0.472. The van der Waals surface area contributed by atoms with Crippen molar-refractivity contribution in [2.45, 2.75) is 0 Å². The molecule has 0 amide bonds. The SMILES string of the molecule is Oc1ccc(-c2nnc(Nc3ccccc3)s2)cc1Br. The lowest BCUT2D eigenvalue weighted by atomic mass is 10.2. The van der Waals surface area contributed by atoms with Crippen LogP contribution < -0.4 is 5.32 Å². The largest absolute Gasteiger partial charge is 0.507 e. The Labute approximate surface area is 128 Å². The predicted molar refractivity (Wildman–Crippen MR) is 84.4 cm³/mol. The topological polar surface area (TPSA) is 58.0 Å². The highest BCUT2D eigenvalue weighted by molar-refractivity contribution is 9.10. The second kappa shape index (κ2) is 5.60. The molecule has 0 saturated carbocycles. The number of phenols is 1. The van der Waals surface area contributed by atoms with Crippen molar-refractivity contribution in [3.05, 3.63) is 53.0 Å². The molecule has 3 rings (SSSR count). The standard InChI is InChI=1S/C14H10BrN3OS/c15-11-8-9(6-7-12(11)19)13-17-18-14(20-13)16-10-4-2-1-3-5-10/h1-8,19H,(H,16,18). The first-order chi connectivity index (χ1) is 9.72. The third kappa shape index (κ3) is 2.81. The summed E-state index contributed by atoms with van der Waals surface area (Å²) in [4.78, 5) is 0. The van der Waals surface area contributed by atoms with E-state index in [1.54, 1.807) is 6.07 Å². The van der Waals surface area contributed by atoms with Crippen LogP contribution in [0.15, 0.2) is 53.0 Å². The van der Waals surface area contributed by atoms with Crippen LogP contribution in [-0.2, 0) is 0 Å². The first-order valence-electron chi connectivity index (χ1n) is 5.87. The van der Waals surface area contributed by atoms with E-state index < -0.39 is 0 Å². The van der Waals surface area contributed by atoms with E-state index in [4.69, 9.17) is 0 Å². The number of rotatable bonds is 3. The molecule has 0 fully saturated rings. The van der Waals surface area contributed by atoms with Gasteiger partial charge in [0.1, 0.15) is 10.8 Å². The number of halogens is 1. The minimum Gasteiger partial charge on any atom is -0.507 e. The summed E-state index contributed by atoms with van der Waals surface area (Å²) in [6.07, 6.45) is 0. The average molecular weight is 348 g/mol. The van der Waals surface area contributed by atoms with E-state index >= 15 is 0 Å². The zero-order valence-electron chi connectivity index (χ0n) is 10.2. The van der Waals surface area contributed by atoms with Crippen molar-refractivity contribution in [3.63, 3.8) is 0 Å². The van der Waals surface area contributed by atoms with E-state index in [1.807, 2.05) is 42.5 Å². The number of benzene rings is 2. The maximum atomic E-state index is 9.50. The fraction of sp³-hybridized carbons (Fsp3) is 0. The second-order valence-electron chi connectivity index (χ2n) is 4.07. The van der Waals surface area contributed by atoms with Crippen molar-refractivity contribution in [2.75, 3.05) is 5.32 Å². The second-order valence-corrected chi connectivity index (χ2v) is 5.90. The van der Waals surface area contributed by atoms with Crippen LogP contribution in [0, 0.1) is 0 Å². The van der Waals surface area contributed by atoms with Crippen LogP contribution in [0.3, 0.4) is 0 Å². The van der Waals surface area contributed by atoms with Crippen molar-refractivity contribution in [2.24, 2.45) is 0 Å². The average Bonchev–Trinajstić information content (AvgIpc) is 2.91. The third-order valence-electron chi connectivity index (χ3n) is 2.64. The van der Waals surface area contributed by atoms with Gasteiger partial charge >= 0.3 is 0 Å². The molecular formula is C14H10BrN3OS. The summed E-state index contributed by atoms with van der Waals surface area (Å²) in [5, 5.41) is 22.5. The Morgan fingerprint density at radius 3 is 2.60 bits per heavy atom. The highest BCUT2D eigenvalue weighted by Crippen LogP contribution is 2.33. The quantitative estimate of drug-likeness (QED) is 0.736. The molecule has 0 aliphatic heterocycles. The van der Waals surface area contributed by atoms with Gasteiger partial charge in [-0.3, -0.25) is 0 Å². The van der Waals surface area contributed by atoms with Gasteiger partial charge in [0, 0.05) is 11.3 Å². The Morgan fingerprint density at radius 2 is 1.85 bits per heavy atom. The molecule has 0 saturated heterocycles. The smallest absolute Gasteiger partial charge is 0.210 e. The molecule has 0 aliphatic rings. The van der Waals surface area contributed by atoms with E-state index in [0.29, 0.717) is 4.47 Å². The van der Waals surface area contributed by atoms with Crippen LogP contribution >= 0.6 is 27.3 Å². The minimum atomic E-state index is 0.209. The van der Waals surface area contributed by atoms with Gasteiger partial charge in [-0.05, 0) is 46.3 Å². The van der Waals surface area contributed by atoms with Gasteiger partial charge in [-0.15, -0.1) is 10.2 Å². The molecule has 0 spiro atoms. The van der Waals surface area contributed by atoms with E-state index in [1.165, 1.54) is 11.3 Å². The first-order valence-corrected chi connectivity index (χ1v) is 7.48. The summed E-state index contributed by atoms with van der Waals surface area (Å²) < 4.78 is 0.641. The highest BCUT2D eigenvalue weighted by atomic mass is 79.9. The summed E-state index contributed by atoms with van der Waals surface area (Å²) in [5.41, 5.74) is 1.88. The van der Waals surface area contributed by atoms with Crippen LogP contribution in [0.2, 0.25) is 0 Å². The number of para-hydroxylation sites is 1. The van der Waals surface area contributed by atoms with Crippen LogP contribution in [0.4, 0.5) is 10.8 Å². The molecule has 100 valence electrons. The molecule has 0 aliphatic carbocycles. The van der Waals surface area contributed by atoms with Crippen LogP contribution in [0.5, 0.6) is 5.75 Å². The van der Waals surface area contributed by atoms with E-state index in [0.717, 1.165) is 21.4 Å². The van der Waals surface area contributed by atoms with Crippen molar-refractivity contribution >= 4 is 38.1 Å². The molecule has 0 unspecified atom stereocenters. The van der Waals surface area contributed by atoms with Gasteiger partial charge < -0.3 is 10.4 Å². The summed E-state index contributed by atoms with van der Waals surface area (Å²) in [6.45, 7) is 0. The summed E-state index contributed by atoms with van der Waals surface area (Å²) in [7, 11) is 0. The maximum Gasteiger partial charge on any atom is 0.210 e. The van der Waals surface area contributed by atoms with E-state index in [9.17, 15) is 5.11 Å². The van der Waals surface area contributed by atoms with Crippen LogP contribution in [-0.4, -0.2) is 15.3 Å². The summed E-state index contributed by atoms with van der Waals surface area (Å²) in [6, 6.07) is 15.1. The Hall–Kier alpha value is -1.92. The Balaban J connectivity index is 1.84. The zero-order valence-corrected chi connectivity index (χ0v) is 12.6. The van der Waals surface area contributed by atoms with Crippen molar-refractivity contribution < 1.29 is 5.11 Å². The van der Waals surface area contributed by atoms with Crippen LogP contribution in [0.25, 0.3) is 10.6 Å². The molecule has 0 bridgehead atoms. The molecule has 2 N–H and O–H groups in total. The Morgan fingerprint density at radius 1 is 1.05 bits per heavy atom. The van der Waals surface area contributed by atoms with Crippen molar-refractivity contribution in [1.82, 2.24) is 10.2 Å². The normalized spacial score (nSPS) is 10.4. The van der Waals surface area contributed by atoms with Gasteiger partial charge in [-0.25, -0.2) is 0 Å². The molecular weight excluding hydrogens is 338 g/mol. The van der Waals surface area contributed by atoms with Crippen molar-refractivity contribution in [1.29, 1.82) is 0 Å². The molecule has 1 aromatic heterocycles. The highest BCUT2D eigenvalue weighted by Gasteiger charge is 2.08. The van der Waals surface area contributed by atoms with Gasteiger partial charge in [-0.2, -0.15) is 0 Å². The lowest BCUT2D eigenvalue weighted by Crippen LogP contribution is -1.87. The zero-order chi connectivity index (χ0) is 13.9. The van der Waals surface area contributed by atoms with Crippen LogP contribution in [0.1, 0.15) is 0 Å². The number of hydrogen-bond acceptors (Lipinski definition) is 5. The maximum absolute atomic E-state index is 9.50. The van der Waals surface area contributed by atoms with Crippen molar-refractivity contribution in [3.8, 4) is 16.3 Å². The fourth-order valence-corrected chi connectivity index (χ4v) is 2.81. The minimum absolute atomic E-state index is 0.209.